The van der Waals surface area contributed by atoms with Gasteiger partial charge in [0.2, 0.25) is 5.95 Å². The van der Waals surface area contributed by atoms with Crippen LogP contribution in [-0.4, -0.2) is 28.8 Å². The number of para-hydroxylation sites is 1. The van der Waals surface area contributed by atoms with Gasteiger partial charge in [-0.05, 0) is 12.1 Å². The number of hydrogen-bond acceptors (Lipinski definition) is 5. The van der Waals surface area contributed by atoms with E-state index in [9.17, 15) is 0 Å². The molecule has 2 aromatic rings. The van der Waals surface area contributed by atoms with Gasteiger partial charge in [-0.2, -0.15) is 10.1 Å². The van der Waals surface area contributed by atoms with E-state index in [1.54, 1.807) is 12.3 Å². The SMILES string of the molecule is C=CCNc1nncc(N(C)c2ccccc2)n1. The Morgan fingerprint density at radius 2 is 2.11 bits per heavy atom. The molecule has 0 unspecified atom stereocenters. The fourth-order valence-corrected chi connectivity index (χ4v) is 1.48. The maximum atomic E-state index is 4.38. The van der Waals surface area contributed by atoms with Gasteiger partial charge < -0.3 is 10.2 Å². The average Bonchev–Trinajstić information content (AvgIpc) is 2.45. The fourth-order valence-electron chi connectivity index (χ4n) is 1.48. The van der Waals surface area contributed by atoms with Gasteiger partial charge >= 0.3 is 0 Å². The first-order valence-electron chi connectivity index (χ1n) is 5.64. The van der Waals surface area contributed by atoms with Crippen LogP contribution >= 0.6 is 0 Å². The first-order valence-corrected chi connectivity index (χ1v) is 5.64. The minimum atomic E-state index is 0.496. The molecule has 2 rings (SSSR count). The smallest absolute Gasteiger partial charge is 0.244 e. The lowest BCUT2D eigenvalue weighted by Gasteiger charge is -2.17. The molecule has 1 heterocycles. The van der Waals surface area contributed by atoms with E-state index in [4.69, 9.17) is 0 Å². The van der Waals surface area contributed by atoms with Crippen LogP contribution in [0.4, 0.5) is 17.5 Å². The second-order valence-corrected chi connectivity index (χ2v) is 3.70. The van der Waals surface area contributed by atoms with E-state index in [-0.39, 0.29) is 0 Å². The number of anilines is 3. The van der Waals surface area contributed by atoms with Gasteiger partial charge in [-0.3, -0.25) is 0 Å². The number of rotatable bonds is 5. The molecule has 5 heteroatoms. The highest BCUT2D eigenvalue weighted by Crippen LogP contribution is 2.20. The topological polar surface area (TPSA) is 53.9 Å². The largest absolute Gasteiger partial charge is 0.349 e. The monoisotopic (exact) mass is 241 g/mol. The second-order valence-electron chi connectivity index (χ2n) is 3.70. The van der Waals surface area contributed by atoms with Crippen LogP contribution in [0.2, 0.25) is 0 Å². The molecule has 0 spiro atoms. The van der Waals surface area contributed by atoms with Crippen LogP contribution in [0.1, 0.15) is 0 Å². The lowest BCUT2D eigenvalue weighted by Crippen LogP contribution is -2.13. The molecule has 1 aromatic carbocycles. The van der Waals surface area contributed by atoms with E-state index in [0.29, 0.717) is 12.5 Å². The van der Waals surface area contributed by atoms with Crippen molar-refractivity contribution in [3.63, 3.8) is 0 Å². The standard InChI is InChI=1S/C13H15N5/c1-3-9-14-13-16-12(10-15-17-13)18(2)11-7-5-4-6-8-11/h3-8,10H,1,9H2,2H3,(H,14,16,17). The molecule has 0 saturated heterocycles. The van der Waals surface area contributed by atoms with Crippen LogP contribution in [0.15, 0.2) is 49.2 Å². The molecule has 0 radical (unpaired) electrons. The van der Waals surface area contributed by atoms with Gasteiger partial charge in [0.05, 0.1) is 6.20 Å². The molecule has 1 aromatic heterocycles. The van der Waals surface area contributed by atoms with E-state index in [2.05, 4.69) is 27.1 Å². The normalized spacial score (nSPS) is 9.83. The Hall–Kier alpha value is -2.43. The molecule has 0 amide bonds. The second kappa shape index (κ2) is 5.77. The van der Waals surface area contributed by atoms with Gasteiger partial charge in [0.15, 0.2) is 5.82 Å². The van der Waals surface area contributed by atoms with E-state index in [1.165, 1.54) is 0 Å². The van der Waals surface area contributed by atoms with Gasteiger partial charge in [-0.1, -0.05) is 24.3 Å². The minimum absolute atomic E-state index is 0.496. The van der Waals surface area contributed by atoms with Crippen LogP contribution in [0.5, 0.6) is 0 Å². The Morgan fingerprint density at radius 3 is 2.83 bits per heavy atom. The van der Waals surface area contributed by atoms with Crippen molar-refractivity contribution in [3.8, 4) is 0 Å². The maximum Gasteiger partial charge on any atom is 0.244 e. The molecular weight excluding hydrogens is 226 g/mol. The first kappa shape index (κ1) is 12.0. The number of nitrogens with zero attached hydrogens (tertiary/aromatic N) is 4. The summed E-state index contributed by atoms with van der Waals surface area (Å²) in [6.45, 7) is 4.24. The third kappa shape index (κ3) is 2.82. The number of nitrogens with one attached hydrogen (secondary N) is 1. The Kier molecular flexibility index (Phi) is 3.86. The predicted molar refractivity (Wildman–Crippen MR) is 73.0 cm³/mol. The van der Waals surface area contributed by atoms with E-state index in [1.807, 2.05) is 42.3 Å². The van der Waals surface area contributed by atoms with Crippen molar-refractivity contribution in [1.29, 1.82) is 0 Å². The van der Waals surface area contributed by atoms with Crippen LogP contribution in [-0.2, 0) is 0 Å². The highest BCUT2D eigenvalue weighted by Gasteiger charge is 2.06. The molecule has 0 saturated carbocycles. The van der Waals surface area contributed by atoms with Gasteiger partial charge in [0, 0.05) is 19.3 Å². The van der Waals surface area contributed by atoms with Crippen molar-refractivity contribution < 1.29 is 0 Å². The van der Waals surface area contributed by atoms with Crippen LogP contribution in [0.3, 0.4) is 0 Å². The summed E-state index contributed by atoms with van der Waals surface area (Å²) in [5.41, 5.74) is 1.05. The number of aromatic nitrogens is 3. The van der Waals surface area contributed by atoms with Crippen molar-refractivity contribution in [2.24, 2.45) is 0 Å². The van der Waals surface area contributed by atoms with Crippen molar-refractivity contribution in [2.75, 3.05) is 23.8 Å². The summed E-state index contributed by atoms with van der Waals surface area (Å²) < 4.78 is 0. The van der Waals surface area contributed by atoms with Gasteiger partial charge in [-0.25, -0.2) is 0 Å². The zero-order valence-corrected chi connectivity index (χ0v) is 10.2. The molecule has 5 nitrogen and oxygen atoms in total. The Morgan fingerprint density at radius 1 is 1.33 bits per heavy atom. The molecular formula is C13H15N5. The number of hydrogen-bond donors (Lipinski definition) is 1. The van der Waals surface area contributed by atoms with Crippen molar-refractivity contribution >= 4 is 17.5 Å². The lowest BCUT2D eigenvalue weighted by molar-refractivity contribution is 0.945. The molecule has 18 heavy (non-hydrogen) atoms. The molecule has 92 valence electrons. The highest BCUT2D eigenvalue weighted by atomic mass is 15.3. The van der Waals surface area contributed by atoms with Crippen LogP contribution < -0.4 is 10.2 Å². The third-order valence-corrected chi connectivity index (χ3v) is 2.44. The Balaban J connectivity index is 2.20. The van der Waals surface area contributed by atoms with Crippen LogP contribution in [0, 0.1) is 0 Å². The molecule has 0 aliphatic carbocycles. The van der Waals surface area contributed by atoms with Gasteiger partial charge in [0.1, 0.15) is 0 Å². The van der Waals surface area contributed by atoms with Gasteiger partial charge in [-0.15, -0.1) is 11.7 Å². The minimum Gasteiger partial charge on any atom is -0.349 e. The summed E-state index contributed by atoms with van der Waals surface area (Å²) in [7, 11) is 1.94. The first-order chi connectivity index (χ1) is 8.81. The zero-order valence-electron chi connectivity index (χ0n) is 10.2. The van der Waals surface area contributed by atoms with E-state index in [0.717, 1.165) is 11.5 Å². The summed E-state index contributed by atoms with van der Waals surface area (Å²) in [6, 6.07) is 9.97. The summed E-state index contributed by atoms with van der Waals surface area (Å²) in [5, 5.41) is 10.9. The maximum absolute atomic E-state index is 4.38. The van der Waals surface area contributed by atoms with Crippen LogP contribution in [0.25, 0.3) is 0 Å². The molecule has 0 fully saturated rings. The quantitative estimate of drug-likeness (QED) is 0.813. The fraction of sp³-hybridized carbons (Fsp3) is 0.154. The summed E-state index contributed by atoms with van der Waals surface area (Å²) in [5.74, 6) is 1.23. The summed E-state index contributed by atoms with van der Waals surface area (Å²) in [6.07, 6.45) is 3.38. The van der Waals surface area contributed by atoms with Crippen molar-refractivity contribution in [3.05, 3.63) is 49.2 Å². The third-order valence-electron chi connectivity index (χ3n) is 2.44. The summed E-state index contributed by atoms with van der Waals surface area (Å²) in [4.78, 5) is 6.33. The Labute approximate surface area is 106 Å². The highest BCUT2D eigenvalue weighted by molar-refractivity contribution is 5.58. The Bertz CT molecular complexity index is 512. The molecule has 0 atom stereocenters. The lowest BCUT2D eigenvalue weighted by atomic mass is 10.3. The molecule has 1 N–H and O–H groups in total. The van der Waals surface area contributed by atoms with Gasteiger partial charge in [0.25, 0.3) is 0 Å². The van der Waals surface area contributed by atoms with E-state index < -0.39 is 0 Å². The molecule has 0 aliphatic rings. The van der Waals surface area contributed by atoms with E-state index >= 15 is 0 Å². The molecule has 0 aliphatic heterocycles. The van der Waals surface area contributed by atoms with Crippen molar-refractivity contribution in [1.82, 2.24) is 15.2 Å². The molecule has 0 bridgehead atoms. The van der Waals surface area contributed by atoms with Crippen molar-refractivity contribution in [2.45, 2.75) is 0 Å². The number of benzene rings is 1. The predicted octanol–water partition coefficient (Wildman–Crippen LogP) is 2.24. The summed E-state index contributed by atoms with van der Waals surface area (Å²) >= 11 is 0. The average molecular weight is 241 g/mol. The zero-order chi connectivity index (χ0) is 12.8.